The average Bonchev–Trinajstić information content (AvgIpc) is 2.78. The monoisotopic (exact) mass is 472 g/mol. The third-order valence-electron chi connectivity index (χ3n) is 6.19. The molecular formula is C29H28O6. The van der Waals surface area contributed by atoms with E-state index in [4.69, 9.17) is 0 Å². The Hall–Kier alpha value is -4.32. The van der Waals surface area contributed by atoms with E-state index in [0.717, 1.165) is 11.1 Å². The number of hydrogen-bond acceptors (Lipinski definition) is 6. The molecule has 4 aromatic rings. The van der Waals surface area contributed by atoms with Gasteiger partial charge in [-0.05, 0) is 76.9 Å². The second-order valence-electron chi connectivity index (χ2n) is 9.00. The van der Waals surface area contributed by atoms with Crippen LogP contribution in [0.25, 0.3) is 0 Å². The van der Waals surface area contributed by atoms with Crippen molar-refractivity contribution in [2.45, 2.75) is 33.1 Å². The van der Waals surface area contributed by atoms with Crippen molar-refractivity contribution >= 4 is 0 Å². The van der Waals surface area contributed by atoms with Gasteiger partial charge in [-0.1, -0.05) is 36.4 Å². The lowest BCUT2D eigenvalue weighted by Gasteiger charge is -2.15. The molecule has 0 atom stereocenters. The molecule has 4 aromatic carbocycles. The van der Waals surface area contributed by atoms with Crippen LogP contribution >= 0.6 is 0 Å². The summed E-state index contributed by atoms with van der Waals surface area (Å²) in [5, 5.41) is 60.7. The fraction of sp³-hybridized carbons (Fsp3) is 0.172. The highest BCUT2D eigenvalue weighted by Crippen LogP contribution is 2.34. The fourth-order valence-corrected chi connectivity index (χ4v) is 4.39. The number of benzene rings is 4. The maximum atomic E-state index is 10.6. The topological polar surface area (TPSA) is 121 Å². The van der Waals surface area contributed by atoms with Gasteiger partial charge in [0, 0.05) is 25.0 Å². The lowest BCUT2D eigenvalue weighted by atomic mass is 9.93. The summed E-state index contributed by atoms with van der Waals surface area (Å²) in [7, 11) is 0. The smallest absolute Gasteiger partial charge is 0.122 e. The van der Waals surface area contributed by atoms with Gasteiger partial charge in [-0.25, -0.2) is 0 Å². The van der Waals surface area contributed by atoms with Crippen LogP contribution < -0.4 is 0 Å². The normalized spacial score (nSPS) is 11.0. The van der Waals surface area contributed by atoms with Crippen LogP contribution in [0.3, 0.4) is 0 Å². The number of aromatic hydroxyl groups is 6. The number of aryl methyl sites for hydroxylation is 2. The minimum absolute atomic E-state index is 0.0282. The molecule has 6 nitrogen and oxygen atoms in total. The summed E-state index contributed by atoms with van der Waals surface area (Å²) < 4.78 is 0. The molecule has 0 unspecified atom stereocenters. The van der Waals surface area contributed by atoms with Gasteiger partial charge in [0.2, 0.25) is 0 Å². The molecule has 0 amide bonds. The molecule has 0 aliphatic carbocycles. The van der Waals surface area contributed by atoms with E-state index in [-0.39, 0.29) is 34.5 Å². The minimum atomic E-state index is -0.0382. The van der Waals surface area contributed by atoms with Gasteiger partial charge in [0.25, 0.3) is 0 Å². The molecule has 0 saturated heterocycles. The number of rotatable bonds is 6. The van der Waals surface area contributed by atoms with Crippen molar-refractivity contribution in [3.8, 4) is 34.5 Å². The van der Waals surface area contributed by atoms with Crippen LogP contribution in [-0.2, 0) is 19.3 Å². The van der Waals surface area contributed by atoms with E-state index >= 15 is 0 Å². The molecule has 35 heavy (non-hydrogen) atoms. The van der Waals surface area contributed by atoms with Gasteiger partial charge in [0.05, 0.1) is 0 Å². The van der Waals surface area contributed by atoms with Gasteiger partial charge < -0.3 is 30.6 Å². The molecule has 4 rings (SSSR count). The zero-order valence-electron chi connectivity index (χ0n) is 19.6. The zero-order valence-corrected chi connectivity index (χ0v) is 19.6. The molecule has 0 aromatic heterocycles. The van der Waals surface area contributed by atoms with Crippen LogP contribution in [0.4, 0.5) is 0 Å². The van der Waals surface area contributed by atoms with Gasteiger partial charge in [-0.15, -0.1) is 0 Å². The van der Waals surface area contributed by atoms with Crippen LogP contribution in [0.15, 0.2) is 60.7 Å². The van der Waals surface area contributed by atoms with E-state index in [1.807, 2.05) is 38.1 Å². The molecule has 180 valence electrons. The van der Waals surface area contributed by atoms with Crippen LogP contribution in [-0.4, -0.2) is 30.6 Å². The molecule has 6 N–H and O–H groups in total. The lowest BCUT2D eigenvalue weighted by molar-refractivity contribution is 0.444. The summed E-state index contributed by atoms with van der Waals surface area (Å²) >= 11 is 0. The molecule has 0 heterocycles. The lowest BCUT2D eigenvalue weighted by Crippen LogP contribution is -1.98. The van der Waals surface area contributed by atoms with Crippen LogP contribution in [0.2, 0.25) is 0 Å². The third-order valence-corrected chi connectivity index (χ3v) is 6.19. The average molecular weight is 473 g/mol. The van der Waals surface area contributed by atoms with E-state index in [9.17, 15) is 30.6 Å². The molecular weight excluding hydrogens is 444 g/mol. The molecule has 0 bridgehead atoms. The van der Waals surface area contributed by atoms with Crippen molar-refractivity contribution in [1.82, 2.24) is 0 Å². The maximum absolute atomic E-state index is 10.6. The Morgan fingerprint density at radius 3 is 1.23 bits per heavy atom. The molecule has 0 aliphatic rings. The number of phenols is 6. The summed E-state index contributed by atoms with van der Waals surface area (Å²) in [6.07, 6.45) is 1.14. The Morgan fingerprint density at radius 1 is 0.457 bits per heavy atom. The molecule has 0 spiro atoms. The first-order valence-electron chi connectivity index (χ1n) is 11.2. The van der Waals surface area contributed by atoms with Gasteiger partial charge >= 0.3 is 0 Å². The molecule has 0 aliphatic heterocycles. The number of phenolic OH excluding ortho intramolecular Hbond substituents is 6. The van der Waals surface area contributed by atoms with Crippen LogP contribution in [0.5, 0.6) is 34.5 Å². The maximum Gasteiger partial charge on any atom is 0.122 e. The van der Waals surface area contributed by atoms with Gasteiger partial charge in [-0.2, -0.15) is 0 Å². The van der Waals surface area contributed by atoms with Crippen molar-refractivity contribution < 1.29 is 30.6 Å². The highest BCUT2D eigenvalue weighted by Gasteiger charge is 2.14. The van der Waals surface area contributed by atoms with E-state index < -0.39 is 0 Å². The van der Waals surface area contributed by atoms with Crippen LogP contribution in [0.1, 0.15) is 44.5 Å². The highest BCUT2D eigenvalue weighted by atomic mass is 16.3. The molecule has 6 heteroatoms. The first kappa shape index (κ1) is 23.8. The summed E-state index contributed by atoms with van der Waals surface area (Å²) in [6, 6.07) is 16.4. The van der Waals surface area contributed by atoms with E-state index in [0.29, 0.717) is 52.6 Å². The van der Waals surface area contributed by atoms with Gasteiger partial charge in [0.1, 0.15) is 34.5 Å². The Balaban J connectivity index is 1.64. The summed E-state index contributed by atoms with van der Waals surface area (Å²) in [4.78, 5) is 0. The van der Waals surface area contributed by atoms with E-state index in [1.165, 1.54) is 24.3 Å². The standard InChI is InChI=1S/C29H28O6/c1-16-7-18(10-22(28(16)34)12-20-3-5-24(30)14-26(20)32)9-19-8-17(2)29(35)23(11-19)13-21-4-6-25(31)15-27(21)33/h3-8,10-11,14-15,30-35H,9,12-13H2,1-2H3. The highest BCUT2D eigenvalue weighted by molar-refractivity contribution is 5.52. The second kappa shape index (κ2) is 9.50. The zero-order chi connectivity index (χ0) is 25.3. The van der Waals surface area contributed by atoms with E-state index in [2.05, 4.69) is 0 Å². The Morgan fingerprint density at radius 2 is 0.857 bits per heavy atom. The predicted molar refractivity (Wildman–Crippen MR) is 134 cm³/mol. The van der Waals surface area contributed by atoms with Crippen molar-refractivity contribution in [3.63, 3.8) is 0 Å². The first-order chi connectivity index (χ1) is 16.6. The summed E-state index contributed by atoms with van der Waals surface area (Å²) in [5.41, 5.74) is 5.82. The first-order valence-corrected chi connectivity index (χ1v) is 11.2. The molecule has 0 fully saturated rings. The Kier molecular flexibility index (Phi) is 6.47. The van der Waals surface area contributed by atoms with Crippen LogP contribution in [0, 0.1) is 13.8 Å². The molecule has 0 saturated carbocycles. The SMILES string of the molecule is Cc1cc(Cc2cc(C)c(O)c(Cc3ccc(O)cc3O)c2)cc(Cc2ccc(O)cc2O)c1O. The fourth-order valence-electron chi connectivity index (χ4n) is 4.39. The van der Waals surface area contributed by atoms with Gasteiger partial charge in [-0.3, -0.25) is 0 Å². The van der Waals surface area contributed by atoms with E-state index in [1.54, 1.807) is 12.1 Å². The van der Waals surface area contributed by atoms with Crippen molar-refractivity contribution in [3.05, 3.63) is 105 Å². The quantitative estimate of drug-likeness (QED) is 0.226. The number of hydrogen-bond donors (Lipinski definition) is 6. The predicted octanol–water partition coefficient (Wildman–Crippen LogP) is 5.31. The molecule has 0 radical (unpaired) electrons. The third kappa shape index (κ3) is 5.27. The summed E-state index contributed by atoms with van der Waals surface area (Å²) in [5.74, 6) is 0.185. The van der Waals surface area contributed by atoms with Crippen molar-refractivity contribution in [1.29, 1.82) is 0 Å². The Bertz CT molecular complexity index is 1300. The van der Waals surface area contributed by atoms with Crippen molar-refractivity contribution in [2.75, 3.05) is 0 Å². The second-order valence-corrected chi connectivity index (χ2v) is 9.00. The van der Waals surface area contributed by atoms with Crippen molar-refractivity contribution in [2.24, 2.45) is 0 Å². The minimum Gasteiger partial charge on any atom is -0.508 e. The largest absolute Gasteiger partial charge is 0.508 e. The Labute approximate surface area is 203 Å². The summed E-state index contributed by atoms with van der Waals surface area (Å²) in [6.45, 7) is 3.64. The van der Waals surface area contributed by atoms with Gasteiger partial charge in [0.15, 0.2) is 0 Å².